The molecular weight excluding hydrogens is 377 g/mol. The normalized spacial score (nSPS) is 12.6. The minimum atomic E-state index is -0.322. The van der Waals surface area contributed by atoms with Crippen molar-refractivity contribution >= 4 is 12.0 Å². The molecule has 0 aliphatic carbocycles. The number of hydrogen-bond acceptors (Lipinski definition) is 3. The second kappa shape index (κ2) is 9.57. The lowest BCUT2D eigenvalue weighted by molar-refractivity contribution is -0.107. The zero-order chi connectivity index (χ0) is 20.8. The lowest BCUT2D eigenvalue weighted by Crippen LogP contribution is -2.24. The van der Waals surface area contributed by atoms with E-state index in [9.17, 15) is 9.18 Å². The van der Waals surface area contributed by atoms with Crippen LogP contribution in [0.15, 0.2) is 66.7 Å². The number of rotatable bonds is 9. The molecule has 1 aliphatic rings. The largest absolute Gasteiger partial charge is 0.489 e. The van der Waals surface area contributed by atoms with E-state index in [1.165, 1.54) is 22.9 Å². The van der Waals surface area contributed by atoms with Gasteiger partial charge in [-0.2, -0.15) is 0 Å². The first-order chi connectivity index (χ1) is 14.7. The summed E-state index contributed by atoms with van der Waals surface area (Å²) in [6.45, 7) is 2.38. The molecule has 3 aromatic carbocycles. The van der Waals surface area contributed by atoms with Gasteiger partial charge in [0.25, 0.3) is 0 Å². The number of halogens is 1. The van der Waals surface area contributed by atoms with Gasteiger partial charge in [0.1, 0.15) is 24.5 Å². The first-order valence-electron chi connectivity index (χ1n) is 10.5. The minimum Gasteiger partial charge on any atom is -0.489 e. The molecule has 0 radical (unpaired) electrons. The minimum absolute atomic E-state index is 0.322. The van der Waals surface area contributed by atoms with E-state index in [0.29, 0.717) is 30.8 Å². The highest BCUT2D eigenvalue weighted by Crippen LogP contribution is 2.33. The van der Waals surface area contributed by atoms with Crippen molar-refractivity contribution in [1.82, 2.24) is 0 Å². The number of benzene rings is 3. The smallest absolute Gasteiger partial charge is 0.130 e. The van der Waals surface area contributed by atoms with Gasteiger partial charge < -0.3 is 14.4 Å². The Hall–Kier alpha value is -3.14. The number of fused-ring (bicyclic) bond motifs is 1. The van der Waals surface area contributed by atoms with Crippen LogP contribution in [0.1, 0.15) is 28.7 Å². The van der Waals surface area contributed by atoms with Gasteiger partial charge in [0, 0.05) is 36.8 Å². The fourth-order valence-corrected chi connectivity index (χ4v) is 4.06. The van der Waals surface area contributed by atoms with Crippen LogP contribution in [0.5, 0.6) is 5.75 Å². The molecule has 0 unspecified atom stereocenters. The van der Waals surface area contributed by atoms with E-state index in [0.717, 1.165) is 37.8 Å². The SMILES string of the molecule is O=CCCc1ccc(OCc2cccc3c2N(CCc2ccccc2)CC3)cc1F. The fraction of sp³-hybridized carbons (Fsp3) is 0.269. The summed E-state index contributed by atoms with van der Waals surface area (Å²) in [5.41, 5.74) is 5.62. The third-order valence-corrected chi connectivity index (χ3v) is 5.63. The van der Waals surface area contributed by atoms with Crippen molar-refractivity contribution in [3.63, 3.8) is 0 Å². The maximum Gasteiger partial charge on any atom is 0.130 e. The lowest BCUT2D eigenvalue weighted by Gasteiger charge is -2.22. The summed E-state index contributed by atoms with van der Waals surface area (Å²) in [5, 5.41) is 0. The van der Waals surface area contributed by atoms with Gasteiger partial charge in [-0.25, -0.2) is 4.39 Å². The molecule has 0 fully saturated rings. The predicted octanol–water partition coefficient (Wildman–Crippen LogP) is 5.14. The molecular formula is C26H26FNO2. The molecule has 0 atom stereocenters. The number of anilines is 1. The summed E-state index contributed by atoms with van der Waals surface area (Å²) >= 11 is 0. The lowest BCUT2D eigenvalue weighted by atomic mass is 10.1. The molecule has 0 saturated heterocycles. The van der Waals surface area contributed by atoms with Crippen LogP contribution in [0.3, 0.4) is 0 Å². The van der Waals surface area contributed by atoms with Crippen LogP contribution < -0.4 is 9.64 Å². The van der Waals surface area contributed by atoms with Gasteiger partial charge in [-0.3, -0.25) is 0 Å². The zero-order valence-electron chi connectivity index (χ0n) is 17.0. The Kier molecular flexibility index (Phi) is 6.43. The highest BCUT2D eigenvalue weighted by molar-refractivity contribution is 5.63. The van der Waals surface area contributed by atoms with Crippen LogP contribution in [0.4, 0.5) is 10.1 Å². The van der Waals surface area contributed by atoms with Crippen molar-refractivity contribution in [3.8, 4) is 5.75 Å². The van der Waals surface area contributed by atoms with Crippen molar-refractivity contribution < 1.29 is 13.9 Å². The van der Waals surface area contributed by atoms with Crippen molar-refractivity contribution in [2.45, 2.75) is 32.3 Å². The van der Waals surface area contributed by atoms with Crippen LogP contribution in [-0.4, -0.2) is 19.4 Å². The summed E-state index contributed by atoms with van der Waals surface area (Å²) in [5.74, 6) is 0.186. The monoisotopic (exact) mass is 403 g/mol. The number of carbonyl (C=O) groups is 1. The molecule has 1 aliphatic heterocycles. The summed E-state index contributed by atoms with van der Waals surface area (Å²) < 4.78 is 20.2. The average molecular weight is 403 g/mol. The standard InChI is InChI=1S/C26H26FNO2/c27-25-18-24(12-11-21(25)10-5-17-29)30-19-23-9-4-8-22-14-16-28(26(22)23)15-13-20-6-2-1-3-7-20/h1-4,6-9,11-12,17-18H,5,10,13-16,19H2. The Morgan fingerprint density at radius 2 is 1.83 bits per heavy atom. The van der Waals surface area contributed by atoms with E-state index in [2.05, 4.69) is 47.4 Å². The van der Waals surface area contributed by atoms with E-state index in [1.54, 1.807) is 12.1 Å². The number of aldehydes is 1. The topological polar surface area (TPSA) is 29.5 Å². The van der Waals surface area contributed by atoms with Gasteiger partial charge in [0.2, 0.25) is 0 Å². The first kappa shape index (κ1) is 20.1. The third-order valence-electron chi connectivity index (χ3n) is 5.63. The summed E-state index contributed by atoms with van der Waals surface area (Å²) in [4.78, 5) is 12.9. The predicted molar refractivity (Wildman–Crippen MR) is 118 cm³/mol. The molecule has 3 nitrogen and oxygen atoms in total. The number of carbonyl (C=O) groups excluding carboxylic acids is 1. The van der Waals surface area contributed by atoms with E-state index >= 15 is 0 Å². The van der Waals surface area contributed by atoms with Crippen LogP contribution in [-0.2, 0) is 30.7 Å². The molecule has 4 heteroatoms. The molecule has 154 valence electrons. The molecule has 0 saturated carbocycles. The second-order valence-electron chi connectivity index (χ2n) is 7.64. The van der Waals surface area contributed by atoms with E-state index in [1.807, 2.05) is 6.07 Å². The summed E-state index contributed by atoms with van der Waals surface area (Å²) in [6.07, 6.45) is 3.59. The summed E-state index contributed by atoms with van der Waals surface area (Å²) in [7, 11) is 0. The van der Waals surface area contributed by atoms with Crippen molar-refractivity contribution in [3.05, 3.63) is 94.8 Å². The Labute approximate surface area is 177 Å². The molecule has 4 rings (SSSR count). The number of aryl methyl sites for hydroxylation is 1. The Bertz CT molecular complexity index is 1000. The highest BCUT2D eigenvalue weighted by Gasteiger charge is 2.22. The maximum absolute atomic E-state index is 14.2. The highest BCUT2D eigenvalue weighted by atomic mass is 19.1. The molecule has 0 spiro atoms. The van der Waals surface area contributed by atoms with Gasteiger partial charge in [-0.1, -0.05) is 54.6 Å². The molecule has 0 N–H and O–H groups in total. The van der Waals surface area contributed by atoms with E-state index in [-0.39, 0.29) is 5.82 Å². The maximum atomic E-state index is 14.2. The van der Waals surface area contributed by atoms with Crippen LogP contribution >= 0.6 is 0 Å². The average Bonchev–Trinajstić information content (AvgIpc) is 3.20. The van der Waals surface area contributed by atoms with E-state index < -0.39 is 0 Å². The second-order valence-corrected chi connectivity index (χ2v) is 7.64. The van der Waals surface area contributed by atoms with Gasteiger partial charge in [0.05, 0.1) is 0 Å². The number of para-hydroxylation sites is 1. The Balaban J connectivity index is 1.44. The molecule has 0 amide bonds. The van der Waals surface area contributed by atoms with Gasteiger partial charge in [-0.15, -0.1) is 0 Å². The van der Waals surface area contributed by atoms with Gasteiger partial charge in [0.15, 0.2) is 0 Å². The van der Waals surface area contributed by atoms with Gasteiger partial charge >= 0.3 is 0 Å². The van der Waals surface area contributed by atoms with Crippen molar-refractivity contribution in [2.24, 2.45) is 0 Å². The van der Waals surface area contributed by atoms with Crippen LogP contribution in [0.2, 0.25) is 0 Å². The number of ether oxygens (including phenoxy) is 1. The van der Waals surface area contributed by atoms with Crippen LogP contribution in [0.25, 0.3) is 0 Å². The third kappa shape index (κ3) is 4.70. The Morgan fingerprint density at radius 3 is 2.63 bits per heavy atom. The van der Waals surface area contributed by atoms with Gasteiger partial charge in [-0.05, 0) is 42.0 Å². The summed E-state index contributed by atoms with van der Waals surface area (Å²) in [6, 6.07) is 21.8. The molecule has 1 heterocycles. The quantitative estimate of drug-likeness (QED) is 0.463. The van der Waals surface area contributed by atoms with Crippen molar-refractivity contribution in [2.75, 3.05) is 18.0 Å². The molecule has 30 heavy (non-hydrogen) atoms. The molecule has 0 aromatic heterocycles. The first-order valence-corrected chi connectivity index (χ1v) is 10.5. The number of nitrogens with zero attached hydrogens (tertiary/aromatic N) is 1. The van der Waals surface area contributed by atoms with Crippen LogP contribution in [0, 0.1) is 5.82 Å². The molecule has 0 bridgehead atoms. The van der Waals surface area contributed by atoms with Crippen molar-refractivity contribution in [1.29, 1.82) is 0 Å². The van der Waals surface area contributed by atoms with E-state index in [4.69, 9.17) is 4.74 Å². The fourth-order valence-electron chi connectivity index (χ4n) is 4.06. The Morgan fingerprint density at radius 1 is 0.967 bits per heavy atom. The molecule has 3 aromatic rings. The number of hydrogen-bond donors (Lipinski definition) is 0. The zero-order valence-corrected chi connectivity index (χ0v) is 17.0.